The van der Waals surface area contributed by atoms with Gasteiger partial charge in [-0.15, -0.1) is 0 Å². The highest BCUT2D eigenvalue weighted by Crippen LogP contribution is 2.31. The molecule has 0 unspecified atom stereocenters. The minimum Gasteiger partial charge on any atom is -0.384 e. The molecule has 0 heterocycles. The average molecular weight is 259 g/mol. The Labute approximate surface area is 116 Å². The van der Waals surface area contributed by atoms with Crippen LogP contribution in [0.2, 0.25) is 0 Å². The largest absolute Gasteiger partial charge is 0.384 e. The van der Waals surface area contributed by atoms with Gasteiger partial charge >= 0.3 is 0 Å². The van der Waals surface area contributed by atoms with Crippen molar-refractivity contribution in [3.05, 3.63) is 29.8 Å². The molecule has 0 amide bonds. The van der Waals surface area contributed by atoms with Crippen molar-refractivity contribution in [2.24, 2.45) is 11.7 Å². The fourth-order valence-corrected chi connectivity index (χ4v) is 3.01. The zero-order chi connectivity index (χ0) is 13.8. The number of hydrogen-bond acceptors (Lipinski definition) is 2. The molecule has 1 aliphatic carbocycles. The van der Waals surface area contributed by atoms with Crippen LogP contribution in [0, 0.1) is 11.3 Å². The van der Waals surface area contributed by atoms with Crippen molar-refractivity contribution in [1.29, 1.82) is 5.41 Å². The molecule has 2 rings (SSSR count). The molecule has 104 valence electrons. The lowest BCUT2D eigenvalue weighted by atomic mass is 10.1. The highest BCUT2D eigenvalue weighted by atomic mass is 15.2. The Kier molecular flexibility index (Phi) is 4.46. The summed E-state index contributed by atoms with van der Waals surface area (Å²) in [5, 5.41) is 7.77. The third-order valence-corrected chi connectivity index (χ3v) is 3.83. The maximum atomic E-state index is 7.77. The minimum atomic E-state index is 0.169. The van der Waals surface area contributed by atoms with E-state index in [0.29, 0.717) is 12.0 Å². The van der Waals surface area contributed by atoms with Gasteiger partial charge in [0.25, 0.3) is 0 Å². The number of nitrogens with one attached hydrogen (secondary N) is 1. The SMILES string of the molecule is CC(C)CN(c1ccccc1C(=N)N)C1CCCC1. The van der Waals surface area contributed by atoms with Crippen LogP contribution in [0.25, 0.3) is 0 Å². The maximum absolute atomic E-state index is 7.77. The standard InChI is InChI=1S/C16H25N3/c1-12(2)11-19(13-7-3-4-8-13)15-10-6-5-9-14(15)16(17)18/h5-6,9-10,12-13H,3-4,7-8,11H2,1-2H3,(H3,17,18). The Morgan fingerprint density at radius 1 is 1.32 bits per heavy atom. The first kappa shape index (κ1) is 13.9. The summed E-state index contributed by atoms with van der Waals surface area (Å²) in [6, 6.07) is 8.69. The number of anilines is 1. The van der Waals surface area contributed by atoms with Crippen molar-refractivity contribution < 1.29 is 0 Å². The normalized spacial score (nSPS) is 15.9. The van der Waals surface area contributed by atoms with E-state index in [2.05, 4.69) is 24.8 Å². The first-order chi connectivity index (χ1) is 9.09. The van der Waals surface area contributed by atoms with Crippen LogP contribution in [-0.4, -0.2) is 18.4 Å². The molecule has 1 saturated carbocycles. The van der Waals surface area contributed by atoms with Crippen molar-refractivity contribution in [2.75, 3.05) is 11.4 Å². The van der Waals surface area contributed by atoms with Crippen LogP contribution in [0.3, 0.4) is 0 Å². The van der Waals surface area contributed by atoms with E-state index in [9.17, 15) is 0 Å². The second-order valence-corrected chi connectivity index (χ2v) is 5.92. The van der Waals surface area contributed by atoms with Gasteiger partial charge in [0, 0.05) is 23.8 Å². The van der Waals surface area contributed by atoms with Gasteiger partial charge in [0.05, 0.1) is 0 Å². The van der Waals surface area contributed by atoms with Crippen LogP contribution in [0.4, 0.5) is 5.69 Å². The third kappa shape index (κ3) is 3.28. The molecule has 1 fully saturated rings. The predicted molar refractivity (Wildman–Crippen MR) is 81.9 cm³/mol. The van der Waals surface area contributed by atoms with Gasteiger partial charge in [-0.05, 0) is 30.9 Å². The van der Waals surface area contributed by atoms with Crippen molar-refractivity contribution in [3.63, 3.8) is 0 Å². The lowest BCUT2D eigenvalue weighted by Gasteiger charge is -2.34. The van der Waals surface area contributed by atoms with E-state index in [1.54, 1.807) is 0 Å². The van der Waals surface area contributed by atoms with Gasteiger partial charge in [-0.25, -0.2) is 0 Å². The lowest BCUT2D eigenvalue weighted by molar-refractivity contribution is 0.535. The maximum Gasteiger partial charge on any atom is 0.124 e. The molecule has 0 spiro atoms. The predicted octanol–water partition coefficient (Wildman–Crippen LogP) is 3.38. The highest BCUT2D eigenvalue weighted by molar-refractivity contribution is 6.00. The lowest BCUT2D eigenvalue weighted by Crippen LogP contribution is -2.37. The number of nitrogen functional groups attached to an aromatic ring is 1. The molecule has 1 aromatic carbocycles. The molecule has 0 atom stereocenters. The van der Waals surface area contributed by atoms with E-state index < -0.39 is 0 Å². The van der Waals surface area contributed by atoms with E-state index in [1.807, 2.05) is 18.2 Å². The van der Waals surface area contributed by atoms with E-state index in [0.717, 1.165) is 17.8 Å². The summed E-state index contributed by atoms with van der Waals surface area (Å²) in [4.78, 5) is 2.48. The van der Waals surface area contributed by atoms with Crippen LogP contribution in [0.15, 0.2) is 24.3 Å². The van der Waals surface area contributed by atoms with Gasteiger partial charge in [0.15, 0.2) is 0 Å². The Morgan fingerprint density at radius 2 is 1.95 bits per heavy atom. The first-order valence-electron chi connectivity index (χ1n) is 7.29. The molecule has 1 aromatic rings. The molecule has 0 bridgehead atoms. The molecule has 3 heteroatoms. The fraction of sp³-hybridized carbons (Fsp3) is 0.562. The summed E-state index contributed by atoms with van der Waals surface area (Å²) in [5.74, 6) is 0.781. The van der Waals surface area contributed by atoms with Crippen molar-refractivity contribution >= 4 is 11.5 Å². The molecule has 3 nitrogen and oxygen atoms in total. The van der Waals surface area contributed by atoms with Crippen molar-refractivity contribution in [1.82, 2.24) is 0 Å². The molecule has 3 N–H and O–H groups in total. The topological polar surface area (TPSA) is 53.1 Å². The van der Waals surface area contributed by atoms with Gasteiger partial charge in [0.1, 0.15) is 5.84 Å². The Bertz CT molecular complexity index is 433. The van der Waals surface area contributed by atoms with Crippen LogP contribution < -0.4 is 10.6 Å². The van der Waals surface area contributed by atoms with Crippen LogP contribution in [-0.2, 0) is 0 Å². The number of para-hydroxylation sites is 1. The Morgan fingerprint density at radius 3 is 2.53 bits per heavy atom. The zero-order valence-corrected chi connectivity index (χ0v) is 12.0. The van der Waals surface area contributed by atoms with Crippen LogP contribution >= 0.6 is 0 Å². The quantitative estimate of drug-likeness (QED) is 0.629. The van der Waals surface area contributed by atoms with Crippen LogP contribution in [0.5, 0.6) is 0 Å². The summed E-state index contributed by atoms with van der Waals surface area (Å²) in [6.45, 7) is 5.53. The second-order valence-electron chi connectivity index (χ2n) is 5.92. The Hall–Kier alpha value is -1.51. The smallest absolute Gasteiger partial charge is 0.124 e. The molecule has 0 saturated heterocycles. The molecular weight excluding hydrogens is 234 g/mol. The number of nitrogens with two attached hydrogens (primary N) is 1. The van der Waals surface area contributed by atoms with Gasteiger partial charge in [-0.1, -0.05) is 38.8 Å². The number of benzene rings is 1. The van der Waals surface area contributed by atoms with E-state index in [-0.39, 0.29) is 5.84 Å². The van der Waals surface area contributed by atoms with Gasteiger partial charge in [-0.2, -0.15) is 0 Å². The average Bonchev–Trinajstić information content (AvgIpc) is 2.89. The minimum absolute atomic E-state index is 0.169. The molecule has 0 radical (unpaired) electrons. The second kappa shape index (κ2) is 6.09. The Balaban J connectivity index is 2.34. The summed E-state index contributed by atoms with van der Waals surface area (Å²) in [5.41, 5.74) is 7.74. The van der Waals surface area contributed by atoms with E-state index >= 15 is 0 Å². The fourth-order valence-electron chi connectivity index (χ4n) is 3.01. The van der Waals surface area contributed by atoms with Gasteiger partial charge in [-0.3, -0.25) is 5.41 Å². The van der Waals surface area contributed by atoms with Crippen molar-refractivity contribution in [3.8, 4) is 0 Å². The molecular formula is C16H25N3. The highest BCUT2D eigenvalue weighted by Gasteiger charge is 2.25. The van der Waals surface area contributed by atoms with Gasteiger partial charge < -0.3 is 10.6 Å². The molecule has 0 aliphatic heterocycles. The summed E-state index contributed by atoms with van der Waals surface area (Å²) in [7, 11) is 0. The molecule has 0 aromatic heterocycles. The summed E-state index contributed by atoms with van der Waals surface area (Å²) < 4.78 is 0. The number of amidine groups is 1. The van der Waals surface area contributed by atoms with E-state index in [1.165, 1.54) is 25.7 Å². The number of nitrogens with zero attached hydrogens (tertiary/aromatic N) is 1. The monoisotopic (exact) mass is 259 g/mol. The summed E-state index contributed by atoms with van der Waals surface area (Å²) >= 11 is 0. The van der Waals surface area contributed by atoms with E-state index in [4.69, 9.17) is 11.1 Å². The molecule has 19 heavy (non-hydrogen) atoms. The summed E-state index contributed by atoms with van der Waals surface area (Å²) in [6.07, 6.45) is 5.17. The zero-order valence-electron chi connectivity index (χ0n) is 12.0. The number of hydrogen-bond donors (Lipinski definition) is 2. The van der Waals surface area contributed by atoms with Gasteiger partial charge in [0.2, 0.25) is 0 Å². The third-order valence-electron chi connectivity index (χ3n) is 3.83. The van der Waals surface area contributed by atoms with Crippen LogP contribution in [0.1, 0.15) is 45.1 Å². The van der Waals surface area contributed by atoms with Crippen molar-refractivity contribution in [2.45, 2.75) is 45.6 Å². The molecule has 1 aliphatic rings. The number of rotatable bonds is 5. The first-order valence-corrected chi connectivity index (χ1v) is 7.29.